The van der Waals surface area contributed by atoms with E-state index in [4.69, 9.17) is 4.74 Å². The molecular formula is C14H21BrN2O. The molecule has 1 fully saturated rings. The molecule has 1 aliphatic heterocycles. The van der Waals surface area contributed by atoms with E-state index in [-0.39, 0.29) is 0 Å². The van der Waals surface area contributed by atoms with Crippen molar-refractivity contribution in [3.8, 4) is 0 Å². The average Bonchev–Trinajstić information content (AvgIpc) is 2.37. The molecule has 0 unspecified atom stereocenters. The van der Waals surface area contributed by atoms with Gasteiger partial charge in [0.15, 0.2) is 0 Å². The fourth-order valence-corrected chi connectivity index (χ4v) is 2.46. The normalized spacial score (nSPS) is 16.8. The zero-order valence-electron chi connectivity index (χ0n) is 11.1. The van der Waals surface area contributed by atoms with Gasteiger partial charge in [-0.1, -0.05) is 15.9 Å². The quantitative estimate of drug-likeness (QED) is 0.925. The summed E-state index contributed by atoms with van der Waals surface area (Å²) in [7, 11) is 0. The van der Waals surface area contributed by atoms with E-state index in [1.807, 2.05) is 0 Å². The first-order chi connectivity index (χ1) is 8.66. The maximum Gasteiger partial charge on any atom is 0.0594 e. The van der Waals surface area contributed by atoms with Gasteiger partial charge in [-0.05, 0) is 37.1 Å². The molecule has 0 aliphatic carbocycles. The van der Waals surface area contributed by atoms with Crippen molar-refractivity contribution >= 4 is 21.6 Å². The summed E-state index contributed by atoms with van der Waals surface area (Å²) in [6.07, 6.45) is 0. The number of halogens is 1. The minimum absolute atomic E-state index is 0.872. The molecule has 1 N–H and O–H groups in total. The lowest BCUT2D eigenvalue weighted by Gasteiger charge is -2.26. The van der Waals surface area contributed by atoms with Crippen molar-refractivity contribution in [1.82, 2.24) is 4.90 Å². The Morgan fingerprint density at radius 3 is 2.44 bits per heavy atom. The van der Waals surface area contributed by atoms with Crippen LogP contribution >= 0.6 is 15.9 Å². The number of rotatable bonds is 4. The molecular weight excluding hydrogens is 292 g/mol. The number of nitrogens with one attached hydrogen (secondary N) is 1. The third-order valence-corrected chi connectivity index (χ3v) is 4.55. The van der Waals surface area contributed by atoms with Gasteiger partial charge in [0, 0.05) is 36.3 Å². The number of ether oxygens (including phenoxy) is 1. The van der Waals surface area contributed by atoms with Crippen LogP contribution in [0.5, 0.6) is 0 Å². The predicted molar refractivity (Wildman–Crippen MR) is 79.4 cm³/mol. The van der Waals surface area contributed by atoms with Crippen molar-refractivity contribution in [2.45, 2.75) is 13.8 Å². The van der Waals surface area contributed by atoms with Gasteiger partial charge in [0.2, 0.25) is 0 Å². The van der Waals surface area contributed by atoms with Crippen molar-refractivity contribution in [3.63, 3.8) is 0 Å². The summed E-state index contributed by atoms with van der Waals surface area (Å²) < 4.78 is 6.55. The molecule has 18 heavy (non-hydrogen) atoms. The van der Waals surface area contributed by atoms with Crippen LogP contribution in [0.1, 0.15) is 11.1 Å². The third-order valence-electron chi connectivity index (χ3n) is 3.30. The molecule has 1 heterocycles. The average molecular weight is 313 g/mol. The molecule has 0 radical (unpaired) electrons. The van der Waals surface area contributed by atoms with E-state index >= 15 is 0 Å². The molecule has 0 spiro atoms. The molecule has 100 valence electrons. The molecule has 3 nitrogen and oxygen atoms in total. The van der Waals surface area contributed by atoms with Gasteiger partial charge in [-0.15, -0.1) is 0 Å². The Bertz CT molecular complexity index is 380. The van der Waals surface area contributed by atoms with Crippen LogP contribution < -0.4 is 5.32 Å². The topological polar surface area (TPSA) is 24.5 Å². The summed E-state index contributed by atoms with van der Waals surface area (Å²) in [5.74, 6) is 0. The van der Waals surface area contributed by atoms with Gasteiger partial charge in [0.1, 0.15) is 0 Å². The zero-order chi connectivity index (χ0) is 13.0. The minimum atomic E-state index is 0.872. The Morgan fingerprint density at radius 1 is 1.22 bits per heavy atom. The molecule has 0 bridgehead atoms. The zero-order valence-corrected chi connectivity index (χ0v) is 12.7. The van der Waals surface area contributed by atoms with Crippen molar-refractivity contribution < 1.29 is 4.74 Å². The predicted octanol–water partition coefficient (Wildman–Crippen LogP) is 2.81. The van der Waals surface area contributed by atoms with E-state index in [1.165, 1.54) is 21.3 Å². The van der Waals surface area contributed by atoms with Crippen LogP contribution in [-0.4, -0.2) is 44.3 Å². The van der Waals surface area contributed by atoms with Crippen LogP contribution in [0.15, 0.2) is 16.6 Å². The lowest BCUT2D eigenvalue weighted by molar-refractivity contribution is 0.0398. The number of benzene rings is 1. The molecule has 0 atom stereocenters. The van der Waals surface area contributed by atoms with Gasteiger partial charge in [-0.3, -0.25) is 4.90 Å². The molecule has 4 heteroatoms. The summed E-state index contributed by atoms with van der Waals surface area (Å²) in [5.41, 5.74) is 3.77. The van der Waals surface area contributed by atoms with Crippen molar-refractivity contribution in [2.24, 2.45) is 0 Å². The molecule has 0 amide bonds. The van der Waals surface area contributed by atoms with Crippen LogP contribution in [0.2, 0.25) is 0 Å². The maximum absolute atomic E-state index is 5.34. The van der Waals surface area contributed by atoms with E-state index in [0.29, 0.717) is 0 Å². The third kappa shape index (κ3) is 3.70. The summed E-state index contributed by atoms with van der Waals surface area (Å²) in [4.78, 5) is 2.44. The van der Waals surface area contributed by atoms with E-state index in [1.54, 1.807) is 0 Å². The molecule has 1 aromatic rings. The number of hydrogen-bond acceptors (Lipinski definition) is 3. The number of aryl methyl sites for hydroxylation is 2. The second-order valence-corrected chi connectivity index (χ2v) is 5.60. The van der Waals surface area contributed by atoms with E-state index in [2.05, 4.69) is 52.1 Å². The van der Waals surface area contributed by atoms with Crippen LogP contribution in [0.4, 0.5) is 5.69 Å². The van der Waals surface area contributed by atoms with E-state index in [9.17, 15) is 0 Å². The second-order valence-electron chi connectivity index (χ2n) is 4.80. The lowest BCUT2D eigenvalue weighted by Crippen LogP contribution is -2.39. The van der Waals surface area contributed by atoms with Crippen LogP contribution in [0.3, 0.4) is 0 Å². The molecule has 1 aliphatic rings. The highest BCUT2D eigenvalue weighted by Crippen LogP contribution is 2.24. The lowest BCUT2D eigenvalue weighted by atomic mass is 10.1. The highest BCUT2D eigenvalue weighted by atomic mass is 79.9. The van der Waals surface area contributed by atoms with Crippen molar-refractivity contribution in [3.05, 3.63) is 27.7 Å². The highest BCUT2D eigenvalue weighted by Gasteiger charge is 2.09. The minimum Gasteiger partial charge on any atom is -0.384 e. The Kier molecular flexibility index (Phi) is 5.03. The van der Waals surface area contributed by atoms with Gasteiger partial charge in [-0.2, -0.15) is 0 Å². The van der Waals surface area contributed by atoms with Gasteiger partial charge in [0.25, 0.3) is 0 Å². The first kappa shape index (κ1) is 13.8. The second kappa shape index (κ2) is 6.55. The van der Waals surface area contributed by atoms with E-state index < -0.39 is 0 Å². The van der Waals surface area contributed by atoms with Crippen molar-refractivity contribution in [1.29, 1.82) is 0 Å². The van der Waals surface area contributed by atoms with Gasteiger partial charge < -0.3 is 10.1 Å². The largest absolute Gasteiger partial charge is 0.384 e. The van der Waals surface area contributed by atoms with Crippen LogP contribution in [-0.2, 0) is 4.74 Å². The fourth-order valence-electron chi connectivity index (χ4n) is 2.23. The molecule has 0 saturated carbocycles. The first-order valence-corrected chi connectivity index (χ1v) is 7.27. The van der Waals surface area contributed by atoms with Gasteiger partial charge >= 0.3 is 0 Å². The summed E-state index contributed by atoms with van der Waals surface area (Å²) >= 11 is 3.59. The summed E-state index contributed by atoms with van der Waals surface area (Å²) in [6.45, 7) is 10.2. The maximum atomic E-state index is 5.34. The van der Waals surface area contributed by atoms with Gasteiger partial charge in [0.05, 0.1) is 13.2 Å². The number of morpholine rings is 1. The molecule has 2 rings (SSSR count). The van der Waals surface area contributed by atoms with Crippen LogP contribution in [0.25, 0.3) is 0 Å². The monoisotopic (exact) mass is 312 g/mol. The first-order valence-electron chi connectivity index (χ1n) is 6.47. The van der Waals surface area contributed by atoms with Crippen LogP contribution in [0, 0.1) is 13.8 Å². The summed E-state index contributed by atoms with van der Waals surface area (Å²) in [5, 5.41) is 3.50. The molecule has 0 aromatic heterocycles. The van der Waals surface area contributed by atoms with E-state index in [0.717, 1.165) is 39.4 Å². The fraction of sp³-hybridized carbons (Fsp3) is 0.571. The Balaban J connectivity index is 1.82. The smallest absolute Gasteiger partial charge is 0.0594 e. The standard InChI is InChI=1S/C14H21BrN2O/c1-11-9-13(10-12(2)14(11)15)16-3-4-17-5-7-18-8-6-17/h9-10,16H,3-8H2,1-2H3. The Hall–Kier alpha value is -0.580. The molecule has 1 saturated heterocycles. The summed E-state index contributed by atoms with van der Waals surface area (Å²) in [6, 6.07) is 4.38. The Morgan fingerprint density at radius 2 is 1.83 bits per heavy atom. The van der Waals surface area contributed by atoms with Gasteiger partial charge in [-0.25, -0.2) is 0 Å². The highest BCUT2D eigenvalue weighted by molar-refractivity contribution is 9.10. The number of nitrogens with zero attached hydrogens (tertiary/aromatic N) is 1. The van der Waals surface area contributed by atoms with Crippen molar-refractivity contribution in [2.75, 3.05) is 44.7 Å². The Labute approximate surface area is 118 Å². The number of anilines is 1. The number of hydrogen-bond donors (Lipinski definition) is 1. The molecule has 1 aromatic carbocycles. The SMILES string of the molecule is Cc1cc(NCCN2CCOCC2)cc(C)c1Br.